The largest absolute Gasteiger partial charge is 0.395 e. The van der Waals surface area contributed by atoms with Gasteiger partial charge in [-0.15, -0.1) is 0 Å². The SMILES string of the molecule is O=C(c1ccc(=O)[nH]n1)N1CCCN(CCO)CC1. The minimum atomic E-state index is -0.318. The molecule has 2 rings (SSSR count). The van der Waals surface area contributed by atoms with Crippen LogP contribution in [0.15, 0.2) is 16.9 Å². The van der Waals surface area contributed by atoms with Gasteiger partial charge in [-0.2, -0.15) is 5.10 Å². The molecule has 7 nitrogen and oxygen atoms in total. The highest BCUT2D eigenvalue weighted by Crippen LogP contribution is 2.06. The zero-order valence-electron chi connectivity index (χ0n) is 10.7. The fourth-order valence-electron chi connectivity index (χ4n) is 2.16. The van der Waals surface area contributed by atoms with E-state index in [1.165, 1.54) is 12.1 Å². The van der Waals surface area contributed by atoms with Gasteiger partial charge in [-0.3, -0.25) is 14.5 Å². The molecule has 0 radical (unpaired) electrons. The van der Waals surface area contributed by atoms with Crippen molar-refractivity contribution in [3.63, 3.8) is 0 Å². The van der Waals surface area contributed by atoms with Crippen LogP contribution in [0.2, 0.25) is 0 Å². The third kappa shape index (κ3) is 3.62. The number of H-pyrrole nitrogens is 1. The molecule has 1 aliphatic rings. The van der Waals surface area contributed by atoms with Crippen LogP contribution in [0.1, 0.15) is 16.9 Å². The van der Waals surface area contributed by atoms with Gasteiger partial charge < -0.3 is 10.0 Å². The van der Waals surface area contributed by atoms with Gasteiger partial charge in [0.2, 0.25) is 0 Å². The average Bonchev–Trinajstić information content (AvgIpc) is 2.65. The summed E-state index contributed by atoms with van der Waals surface area (Å²) in [6.45, 7) is 3.68. The lowest BCUT2D eigenvalue weighted by atomic mass is 10.3. The van der Waals surface area contributed by atoms with Crippen LogP contribution in [0.5, 0.6) is 0 Å². The first kappa shape index (κ1) is 13.7. The van der Waals surface area contributed by atoms with E-state index in [0.717, 1.165) is 19.5 Å². The number of carbonyl (C=O) groups excluding carboxylic acids is 1. The fourth-order valence-corrected chi connectivity index (χ4v) is 2.16. The fraction of sp³-hybridized carbons (Fsp3) is 0.583. The smallest absolute Gasteiger partial charge is 0.274 e. The number of hydrogen-bond donors (Lipinski definition) is 2. The molecule has 1 aromatic rings. The summed E-state index contributed by atoms with van der Waals surface area (Å²) in [7, 11) is 0. The molecule has 7 heteroatoms. The Bertz CT molecular complexity index is 468. The van der Waals surface area contributed by atoms with Gasteiger partial charge in [0.05, 0.1) is 6.61 Å². The normalized spacial score (nSPS) is 17.2. The molecule has 2 N–H and O–H groups in total. The van der Waals surface area contributed by atoms with E-state index in [1.54, 1.807) is 4.90 Å². The summed E-state index contributed by atoms with van der Waals surface area (Å²) in [6, 6.07) is 2.74. The average molecular weight is 266 g/mol. The van der Waals surface area contributed by atoms with Crippen molar-refractivity contribution in [2.24, 2.45) is 0 Å². The van der Waals surface area contributed by atoms with Crippen LogP contribution in [0.25, 0.3) is 0 Å². The van der Waals surface area contributed by atoms with E-state index < -0.39 is 0 Å². The van der Waals surface area contributed by atoms with E-state index in [2.05, 4.69) is 15.1 Å². The molecule has 0 bridgehead atoms. The molecule has 1 aliphatic heterocycles. The highest BCUT2D eigenvalue weighted by molar-refractivity contribution is 5.92. The maximum Gasteiger partial charge on any atom is 0.274 e. The predicted molar refractivity (Wildman–Crippen MR) is 68.9 cm³/mol. The maximum atomic E-state index is 12.2. The molecule has 1 fully saturated rings. The van der Waals surface area contributed by atoms with Crippen molar-refractivity contribution in [1.29, 1.82) is 0 Å². The molecule has 0 spiro atoms. The predicted octanol–water partition coefficient (Wildman–Crippen LogP) is -1.09. The molecule has 0 saturated carbocycles. The zero-order chi connectivity index (χ0) is 13.7. The van der Waals surface area contributed by atoms with Crippen LogP contribution in [0, 0.1) is 0 Å². The van der Waals surface area contributed by atoms with Crippen LogP contribution in [0.3, 0.4) is 0 Å². The molecule has 0 aromatic carbocycles. The molecule has 0 unspecified atom stereocenters. The number of β-amino-alcohol motifs (C(OH)–C–C–N with tert-alkyl or cyclic N) is 1. The Kier molecular flexibility index (Phi) is 4.64. The van der Waals surface area contributed by atoms with Gasteiger partial charge in [-0.1, -0.05) is 0 Å². The lowest BCUT2D eigenvalue weighted by Crippen LogP contribution is -2.36. The second-order valence-corrected chi connectivity index (χ2v) is 4.52. The third-order valence-electron chi connectivity index (χ3n) is 3.19. The van der Waals surface area contributed by atoms with Gasteiger partial charge in [-0.25, -0.2) is 5.10 Å². The number of nitrogens with zero attached hydrogens (tertiary/aromatic N) is 3. The Morgan fingerprint density at radius 1 is 1.32 bits per heavy atom. The Balaban J connectivity index is 1.99. The highest BCUT2D eigenvalue weighted by atomic mass is 16.3. The van der Waals surface area contributed by atoms with E-state index in [0.29, 0.717) is 19.6 Å². The number of aromatic amines is 1. The van der Waals surface area contributed by atoms with E-state index >= 15 is 0 Å². The van der Waals surface area contributed by atoms with Crippen LogP contribution in [-0.4, -0.2) is 70.3 Å². The number of carbonyl (C=O) groups is 1. The Morgan fingerprint density at radius 2 is 2.16 bits per heavy atom. The Labute approximate surface area is 110 Å². The first-order valence-electron chi connectivity index (χ1n) is 6.39. The third-order valence-corrected chi connectivity index (χ3v) is 3.19. The Morgan fingerprint density at radius 3 is 2.84 bits per heavy atom. The van der Waals surface area contributed by atoms with Crippen LogP contribution in [0.4, 0.5) is 0 Å². The molecule has 0 atom stereocenters. The summed E-state index contributed by atoms with van der Waals surface area (Å²) in [6.07, 6.45) is 0.870. The van der Waals surface area contributed by atoms with Crippen molar-refractivity contribution in [2.75, 3.05) is 39.3 Å². The molecule has 19 heavy (non-hydrogen) atoms. The van der Waals surface area contributed by atoms with E-state index in [-0.39, 0.29) is 23.8 Å². The number of nitrogens with one attached hydrogen (secondary N) is 1. The summed E-state index contributed by atoms with van der Waals surface area (Å²) >= 11 is 0. The molecule has 1 aromatic heterocycles. The van der Waals surface area contributed by atoms with Crippen LogP contribution < -0.4 is 5.56 Å². The molecule has 1 saturated heterocycles. The molecule has 0 aliphatic carbocycles. The van der Waals surface area contributed by atoms with Crippen molar-refractivity contribution in [1.82, 2.24) is 20.0 Å². The van der Waals surface area contributed by atoms with Crippen molar-refractivity contribution in [3.8, 4) is 0 Å². The van der Waals surface area contributed by atoms with Crippen molar-refractivity contribution in [2.45, 2.75) is 6.42 Å². The van der Waals surface area contributed by atoms with Crippen molar-refractivity contribution >= 4 is 5.91 Å². The van der Waals surface area contributed by atoms with Gasteiger partial charge in [0, 0.05) is 32.2 Å². The van der Waals surface area contributed by atoms with Crippen LogP contribution >= 0.6 is 0 Å². The van der Waals surface area contributed by atoms with Crippen LogP contribution in [-0.2, 0) is 0 Å². The summed E-state index contributed by atoms with van der Waals surface area (Å²) in [5, 5.41) is 14.9. The zero-order valence-corrected chi connectivity index (χ0v) is 10.7. The second-order valence-electron chi connectivity index (χ2n) is 4.52. The lowest BCUT2D eigenvalue weighted by molar-refractivity contribution is 0.0753. The minimum Gasteiger partial charge on any atom is -0.395 e. The standard InChI is InChI=1S/C12H18N4O3/c17-9-8-15-4-1-5-16(7-6-15)12(19)10-2-3-11(18)14-13-10/h2-3,17H,1,4-9H2,(H,14,18). The number of aliphatic hydroxyl groups is 1. The molecule has 2 heterocycles. The quantitative estimate of drug-likeness (QED) is 0.725. The van der Waals surface area contributed by atoms with E-state index in [4.69, 9.17) is 5.11 Å². The molecule has 1 amide bonds. The van der Waals surface area contributed by atoms with E-state index in [9.17, 15) is 9.59 Å². The summed E-state index contributed by atoms with van der Waals surface area (Å²) in [5.74, 6) is -0.165. The summed E-state index contributed by atoms with van der Waals surface area (Å²) in [5.41, 5.74) is -0.0586. The highest BCUT2D eigenvalue weighted by Gasteiger charge is 2.20. The topological polar surface area (TPSA) is 89.5 Å². The van der Waals surface area contributed by atoms with E-state index in [1.807, 2.05) is 0 Å². The number of aliphatic hydroxyl groups excluding tert-OH is 1. The van der Waals surface area contributed by atoms with Gasteiger partial charge >= 0.3 is 0 Å². The van der Waals surface area contributed by atoms with Crippen molar-refractivity contribution in [3.05, 3.63) is 28.2 Å². The first-order valence-corrected chi connectivity index (χ1v) is 6.39. The summed E-state index contributed by atoms with van der Waals surface area (Å²) < 4.78 is 0. The van der Waals surface area contributed by atoms with Gasteiger partial charge in [0.1, 0.15) is 5.69 Å². The molecular formula is C12H18N4O3. The van der Waals surface area contributed by atoms with Crippen molar-refractivity contribution < 1.29 is 9.90 Å². The lowest BCUT2D eigenvalue weighted by Gasteiger charge is -2.20. The van der Waals surface area contributed by atoms with Gasteiger partial charge in [0.25, 0.3) is 11.5 Å². The number of aromatic nitrogens is 2. The molecular weight excluding hydrogens is 248 g/mol. The first-order chi connectivity index (χ1) is 9.20. The number of hydrogen-bond acceptors (Lipinski definition) is 5. The second kappa shape index (κ2) is 6.44. The molecule has 104 valence electrons. The van der Waals surface area contributed by atoms with Gasteiger partial charge in [0.15, 0.2) is 0 Å². The Hall–Kier alpha value is -1.73. The number of rotatable bonds is 3. The van der Waals surface area contributed by atoms with Gasteiger partial charge in [-0.05, 0) is 19.0 Å². The maximum absolute atomic E-state index is 12.2. The summed E-state index contributed by atoms with van der Waals surface area (Å²) in [4.78, 5) is 27.0. The monoisotopic (exact) mass is 266 g/mol. The minimum absolute atomic E-state index is 0.134. The number of amides is 1.